The largest absolute Gasteiger partial charge is 0.481 e. The fourth-order valence-corrected chi connectivity index (χ4v) is 4.26. The lowest BCUT2D eigenvalue weighted by Crippen LogP contribution is -2.34. The molecule has 2 atom stereocenters. The van der Waals surface area contributed by atoms with Crippen LogP contribution in [0.1, 0.15) is 28.8 Å². The number of aryl methyl sites for hydroxylation is 1. The summed E-state index contributed by atoms with van der Waals surface area (Å²) in [6.07, 6.45) is 4.31. The molecule has 33 heavy (non-hydrogen) atoms. The maximum absolute atomic E-state index is 12.6. The predicted molar refractivity (Wildman–Crippen MR) is 126 cm³/mol. The van der Waals surface area contributed by atoms with Gasteiger partial charge >= 0.3 is 11.9 Å². The Morgan fingerprint density at radius 2 is 1.70 bits per heavy atom. The highest BCUT2D eigenvalue weighted by atomic mass is 32.2. The SMILES string of the molecule is Cc1ccc(C(=O)O)cc1NC(=O)CSc1cccc(NC(=O)C2CC=CCC2C(=O)O)c1. The van der Waals surface area contributed by atoms with Crippen LogP contribution < -0.4 is 10.6 Å². The van der Waals surface area contributed by atoms with Gasteiger partial charge in [0.25, 0.3) is 0 Å². The van der Waals surface area contributed by atoms with Crippen molar-refractivity contribution in [1.82, 2.24) is 0 Å². The summed E-state index contributed by atoms with van der Waals surface area (Å²) in [7, 11) is 0. The molecule has 0 heterocycles. The Kier molecular flexibility index (Phi) is 7.89. The summed E-state index contributed by atoms with van der Waals surface area (Å²) in [6.45, 7) is 1.78. The van der Waals surface area contributed by atoms with E-state index in [1.165, 1.54) is 23.9 Å². The number of benzene rings is 2. The minimum absolute atomic E-state index is 0.0860. The first kappa shape index (κ1) is 24.1. The van der Waals surface area contributed by atoms with Crippen LogP contribution in [-0.4, -0.2) is 39.7 Å². The van der Waals surface area contributed by atoms with E-state index in [1.54, 1.807) is 43.3 Å². The van der Waals surface area contributed by atoms with Crippen LogP contribution in [0.3, 0.4) is 0 Å². The van der Waals surface area contributed by atoms with Crippen molar-refractivity contribution in [3.05, 3.63) is 65.7 Å². The van der Waals surface area contributed by atoms with Gasteiger partial charge < -0.3 is 20.8 Å². The van der Waals surface area contributed by atoms with E-state index in [9.17, 15) is 24.3 Å². The van der Waals surface area contributed by atoms with Crippen molar-refractivity contribution in [2.45, 2.75) is 24.7 Å². The highest BCUT2D eigenvalue weighted by Crippen LogP contribution is 2.28. The van der Waals surface area contributed by atoms with Crippen LogP contribution in [-0.2, 0) is 14.4 Å². The first-order valence-corrected chi connectivity index (χ1v) is 11.3. The van der Waals surface area contributed by atoms with Crippen molar-refractivity contribution in [2.24, 2.45) is 11.8 Å². The Balaban J connectivity index is 1.59. The Morgan fingerprint density at radius 3 is 2.39 bits per heavy atom. The van der Waals surface area contributed by atoms with Crippen LogP contribution in [0.2, 0.25) is 0 Å². The second-order valence-electron chi connectivity index (χ2n) is 7.68. The van der Waals surface area contributed by atoms with Crippen LogP contribution in [0.4, 0.5) is 11.4 Å². The summed E-state index contributed by atoms with van der Waals surface area (Å²) < 4.78 is 0. The molecule has 2 aromatic carbocycles. The van der Waals surface area contributed by atoms with Gasteiger partial charge in [-0.2, -0.15) is 0 Å². The summed E-state index contributed by atoms with van der Waals surface area (Å²) in [4.78, 5) is 48.4. The molecular formula is C24H24N2O6S. The highest BCUT2D eigenvalue weighted by molar-refractivity contribution is 8.00. The fraction of sp³-hybridized carbons (Fsp3) is 0.250. The van der Waals surface area contributed by atoms with Gasteiger partial charge in [0.2, 0.25) is 11.8 Å². The summed E-state index contributed by atoms with van der Waals surface area (Å²) >= 11 is 1.26. The van der Waals surface area contributed by atoms with Gasteiger partial charge in [-0.15, -0.1) is 11.8 Å². The number of carbonyl (C=O) groups is 4. The number of carboxylic acid groups (broad SMARTS) is 2. The predicted octanol–water partition coefficient (Wildman–Crippen LogP) is 4.03. The number of hydrogen-bond acceptors (Lipinski definition) is 5. The maximum Gasteiger partial charge on any atom is 0.335 e. The molecule has 172 valence electrons. The molecule has 0 aromatic heterocycles. The molecule has 0 fully saturated rings. The zero-order chi connectivity index (χ0) is 24.0. The molecule has 9 heteroatoms. The van der Waals surface area contributed by atoms with Crippen LogP contribution >= 0.6 is 11.8 Å². The van der Waals surface area contributed by atoms with Crippen molar-refractivity contribution in [3.8, 4) is 0 Å². The van der Waals surface area contributed by atoms with Crippen LogP contribution in [0.5, 0.6) is 0 Å². The molecule has 4 N–H and O–H groups in total. The normalized spacial score (nSPS) is 17.2. The van der Waals surface area contributed by atoms with E-state index in [4.69, 9.17) is 5.11 Å². The third kappa shape index (κ3) is 6.45. The van der Waals surface area contributed by atoms with Gasteiger partial charge in [0.1, 0.15) is 0 Å². The zero-order valence-corrected chi connectivity index (χ0v) is 18.7. The van der Waals surface area contributed by atoms with Gasteiger partial charge in [-0.3, -0.25) is 14.4 Å². The first-order valence-electron chi connectivity index (χ1n) is 10.3. The average molecular weight is 469 g/mol. The number of aromatic carboxylic acids is 1. The van der Waals surface area contributed by atoms with Gasteiger partial charge in [-0.25, -0.2) is 4.79 Å². The van der Waals surface area contributed by atoms with Gasteiger partial charge in [0.05, 0.1) is 23.2 Å². The third-order valence-corrected chi connectivity index (χ3v) is 6.31. The van der Waals surface area contributed by atoms with Crippen molar-refractivity contribution >= 4 is 46.9 Å². The molecule has 0 bridgehead atoms. The molecule has 0 radical (unpaired) electrons. The molecule has 0 saturated carbocycles. The second kappa shape index (κ2) is 10.8. The molecular weight excluding hydrogens is 444 g/mol. The Hall–Kier alpha value is -3.59. The molecule has 1 aliphatic rings. The molecule has 2 amide bonds. The Morgan fingerprint density at radius 1 is 0.970 bits per heavy atom. The van der Waals surface area contributed by atoms with Crippen molar-refractivity contribution in [1.29, 1.82) is 0 Å². The zero-order valence-electron chi connectivity index (χ0n) is 17.9. The Labute approximate surface area is 195 Å². The summed E-state index contributed by atoms with van der Waals surface area (Å²) in [5, 5.41) is 24.0. The van der Waals surface area contributed by atoms with E-state index >= 15 is 0 Å². The Bertz CT molecular complexity index is 1110. The topological polar surface area (TPSA) is 133 Å². The molecule has 0 spiro atoms. The number of aliphatic carboxylic acids is 1. The van der Waals surface area contributed by atoms with Crippen LogP contribution in [0.25, 0.3) is 0 Å². The average Bonchev–Trinajstić information content (AvgIpc) is 2.79. The second-order valence-corrected chi connectivity index (χ2v) is 8.73. The number of amides is 2. The highest BCUT2D eigenvalue weighted by Gasteiger charge is 2.33. The van der Waals surface area contributed by atoms with E-state index in [0.717, 1.165) is 10.5 Å². The summed E-state index contributed by atoms with van der Waals surface area (Å²) in [6, 6.07) is 11.5. The van der Waals surface area contributed by atoms with Crippen molar-refractivity contribution in [3.63, 3.8) is 0 Å². The van der Waals surface area contributed by atoms with Gasteiger partial charge in [0.15, 0.2) is 0 Å². The van der Waals surface area contributed by atoms with Gasteiger partial charge in [-0.1, -0.05) is 24.3 Å². The molecule has 8 nitrogen and oxygen atoms in total. The number of hydrogen-bond donors (Lipinski definition) is 4. The minimum atomic E-state index is -1.07. The van der Waals surface area contributed by atoms with Crippen LogP contribution in [0.15, 0.2) is 59.5 Å². The third-order valence-electron chi connectivity index (χ3n) is 5.32. The minimum Gasteiger partial charge on any atom is -0.481 e. The maximum atomic E-state index is 12.6. The molecule has 3 rings (SSSR count). The van der Waals surface area contributed by atoms with Crippen LogP contribution in [0, 0.1) is 18.8 Å². The van der Waals surface area contributed by atoms with Crippen molar-refractivity contribution in [2.75, 3.05) is 16.4 Å². The number of rotatable bonds is 8. The molecule has 2 aromatic rings. The van der Waals surface area contributed by atoms with E-state index in [0.29, 0.717) is 24.2 Å². The van der Waals surface area contributed by atoms with Gasteiger partial charge in [-0.05, 0) is 55.7 Å². The van der Waals surface area contributed by atoms with Gasteiger partial charge in [0, 0.05) is 16.3 Å². The number of anilines is 2. The van der Waals surface area contributed by atoms with E-state index in [-0.39, 0.29) is 23.1 Å². The molecule has 2 unspecified atom stereocenters. The van der Waals surface area contributed by atoms with E-state index in [2.05, 4.69) is 10.6 Å². The first-order chi connectivity index (χ1) is 15.7. The van der Waals surface area contributed by atoms with Crippen molar-refractivity contribution < 1.29 is 29.4 Å². The molecule has 0 saturated heterocycles. The fourth-order valence-electron chi connectivity index (χ4n) is 3.50. The monoisotopic (exact) mass is 468 g/mol. The lowest BCUT2D eigenvalue weighted by Gasteiger charge is -2.24. The summed E-state index contributed by atoms with van der Waals surface area (Å²) in [5.74, 6) is -4.00. The molecule has 1 aliphatic carbocycles. The molecule has 0 aliphatic heterocycles. The lowest BCUT2D eigenvalue weighted by atomic mass is 9.82. The standard InChI is InChI=1S/C24H24N2O6S/c1-14-9-10-15(23(29)30)11-20(14)26-21(27)13-33-17-6-4-5-16(12-17)25-22(28)18-7-2-3-8-19(18)24(31)32/h2-6,9-12,18-19H,7-8,13H2,1H3,(H,25,28)(H,26,27)(H,29,30)(H,31,32). The number of thioether (sulfide) groups is 1. The quantitative estimate of drug-likeness (QED) is 0.340. The number of allylic oxidation sites excluding steroid dienone is 2. The van der Waals surface area contributed by atoms with E-state index in [1.807, 2.05) is 6.08 Å². The number of carbonyl (C=O) groups excluding carboxylic acids is 2. The lowest BCUT2D eigenvalue weighted by molar-refractivity contribution is -0.146. The number of carboxylic acids is 2. The smallest absolute Gasteiger partial charge is 0.335 e. The summed E-state index contributed by atoms with van der Waals surface area (Å²) in [5.41, 5.74) is 1.80. The number of nitrogens with one attached hydrogen (secondary N) is 2. The van der Waals surface area contributed by atoms with E-state index < -0.39 is 23.8 Å².